The molecule has 0 N–H and O–H groups in total. The lowest BCUT2D eigenvalue weighted by Gasteiger charge is -1.98. The number of hydrogen-bond acceptors (Lipinski definition) is 1. The van der Waals surface area contributed by atoms with E-state index in [1.807, 2.05) is 0 Å². The zero-order valence-corrected chi connectivity index (χ0v) is 10.3. The van der Waals surface area contributed by atoms with Crippen molar-refractivity contribution in [3.8, 4) is 0 Å². The van der Waals surface area contributed by atoms with Gasteiger partial charge in [-0.3, -0.25) is 0 Å². The van der Waals surface area contributed by atoms with Crippen molar-refractivity contribution in [1.29, 1.82) is 0 Å². The van der Waals surface area contributed by atoms with Crippen LogP contribution in [0.5, 0.6) is 0 Å². The SMILES string of the molecule is CC(C)=O.CCCCCCC(Cl)Cl. The van der Waals surface area contributed by atoms with Gasteiger partial charge in [0.15, 0.2) is 0 Å². The molecule has 0 rings (SSSR count). The Morgan fingerprint density at radius 2 is 1.62 bits per heavy atom. The predicted molar refractivity (Wildman–Crippen MR) is 60.6 cm³/mol. The molecule has 0 spiro atoms. The summed E-state index contributed by atoms with van der Waals surface area (Å²) in [5, 5.41) is 0. The molecule has 0 unspecified atom stereocenters. The average molecular weight is 227 g/mol. The molecule has 0 amide bonds. The molecule has 0 aliphatic carbocycles. The van der Waals surface area contributed by atoms with E-state index in [1.54, 1.807) is 0 Å². The number of halogens is 2. The van der Waals surface area contributed by atoms with Gasteiger partial charge in [-0.15, -0.1) is 23.2 Å². The maximum Gasteiger partial charge on any atom is 0.126 e. The van der Waals surface area contributed by atoms with Gasteiger partial charge in [-0.1, -0.05) is 32.6 Å². The second kappa shape index (κ2) is 12.2. The summed E-state index contributed by atoms with van der Waals surface area (Å²) in [7, 11) is 0. The molecule has 0 aromatic carbocycles. The lowest BCUT2D eigenvalue weighted by atomic mass is 10.2. The fourth-order valence-electron chi connectivity index (χ4n) is 0.725. The number of unbranched alkanes of at least 4 members (excludes halogenated alkanes) is 3. The summed E-state index contributed by atoms with van der Waals surface area (Å²) in [5.74, 6) is 0.167. The van der Waals surface area contributed by atoms with Crippen molar-refractivity contribution in [2.45, 2.75) is 57.7 Å². The molecular formula is C10H20Cl2O. The first-order valence-electron chi connectivity index (χ1n) is 4.76. The van der Waals surface area contributed by atoms with E-state index in [9.17, 15) is 4.79 Å². The highest BCUT2D eigenvalue weighted by Gasteiger charge is 1.96. The number of carbonyl (C=O) groups is 1. The van der Waals surface area contributed by atoms with Crippen LogP contribution in [0, 0.1) is 0 Å². The molecule has 13 heavy (non-hydrogen) atoms. The van der Waals surface area contributed by atoms with Gasteiger partial charge in [0.1, 0.15) is 10.6 Å². The number of rotatable bonds is 5. The molecule has 0 saturated carbocycles. The third-order valence-electron chi connectivity index (χ3n) is 1.28. The molecule has 0 radical (unpaired) electrons. The minimum atomic E-state index is -0.151. The quantitative estimate of drug-likeness (QED) is 0.503. The summed E-state index contributed by atoms with van der Waals surface area (Å²) in [6.07, 6.45) is 5.97. The lowest BCUT2D eigenvalue weighted by Crippen LogP contribution is -1.85. The minimum Gasteiger partial charge on any atom is -0.300 e. The highest BCUT2D eigenvalue weighted by Crippen LogP contribution is 2.12. The maximum atomic E-state index is 9.44. The van der Waals surface area contributed by atoms with Crippen molar-refractivity contribution in [2.24, 2.45) is 0 Å². The van der Waals surface area contributed by atoms with Crippen LogP contribution in [0.1, 0.15) is 52.9 Å². The van der Waals surface area contributed by atoms with E-state index in [0.29, 0.717) is 0 Å². The van der Waals surface area contributed by atoms with Gasteiger partial charge in [-0.25, -0.2) is 0 Å². The van der Waals surface area contributed by atoms with E-state index in [1.165, 1.54) is 39.5 Å². The van der Waals surface area contributed by atoms with Gasteiger partial charge in [-0.05, 0) is 20.3 Å². The molecule has 0 bridgehead atoms. The molecule has 0 aliphatic heterocycles. The van der Waals surface area contributed by atoms with Gasteiger partial charge < -0.3 is 4.79 Å². The van der Waals surface area contributed by atoms with E-state index in [0.717, 1.165) is 6.42 Å². The van der Waals surface area contributed by atoms with Gasteiger partial charge in [0.05, 0.1) is 0 Å². The average Bonchev–Trinajstić information content (AvgIpc) is 1.97. The fourth-order valence-corrected chi connectivity index (χ4v) is 1.03. The molecule has 0 aliphatic rings. The van der Waals surface area contributed by atoms with E-state index in [4.69, 9.17) is 23.2 Å². The number of Topliss-reactive ketones (excluding diaryl/α,β-unsaturated/α-hetero) is 1. The van der Waals surface area contributed by atoms with Crippen molar-refractivity contribution in [1.82, 2.24) is 0 Å². The van der Waals surface area contributed by atoms with E-state index in [2.05, 4.69) is 6.92 Å². The summed E-state index contributed by atoms with van der Waals surface area (Å²) in [6.45, 7) is 5.25. The molecule has 0 atom stereocenters. The van der Waals surface area contributed by atoms with Crippen LogP contribution in [0.25, 0.3) is 0 Å². The van der Waals surface area contributed by atoms with Gasteiger partial charge >= 0.3 is 0 Å². The van der Waals surface area contributed by atoms with E-state index in [-0.39, 0.29) is 10.6 Å². The number of alkyl halides is 2. The fraction of sp³-hybridized carbons (Fsp3) is 0.900. The number of ketones is 1. The summed E-state index contributed by atoms with van der Waals surface area (Å²) >= 11 is 11.0. The van der Waals surface area contributed by atoms with Gasteiger partial charge in [0.2, 0.25) is 0 Å². The molecule has 1 nitrogen and oxygen atoms in total. The second-order valence-electron chi connectivity index (χ2n) is 3.15. The van der Waals surface area contributed by atoms with Crippen molar-refractivity contribution >= 4 is 29.0 Å². The summed E-state index contributed by atoms with van der Waals surface area (Å²) in [5.41, 5.74) is 0. The highest BCUT2D eigenvalue weighted by atomic mass is 35.5. The van der Waals surface area contributed by atoms with Crippen LogP contribution in [0.2, 0.25) is 0 Å². The molecule has 0 saturated heterocycles. The summed E-state index contributed by atoms with van der Waals surface area (Å²) in [4.78, 5) is 9.29. The molecule has 80 valence electrons. The van der Waals surface area contributed by atoms with Crippen LogP contribution >= 0.6 is 23.2 Å². The normalized spacial score (nSPS) is 9.38. The Labute approximate surface area is 91.8 Å². The molecule has 0 aromatic rings. The first-order valence-corrected chi connectivity index (χ1v) is 5.63. The van der Waals surface area contributed by atoms with E-state index < -0.39 is 0 Å². The Morgan fingerprint density at radius 1 is 1.15 bits per heavy atom. The zero-order chi connectivity index (χ0) is 10.7. The van der Waals surface area contributed by atoms with Crippen molar-refractivity contribution in [3.05, 3.63) is 0 Å². The number of carbonyl (C=O) groups excluding carboxylic acids is 1. The van der Waals surface area contributed by atoms with E-state index >= 15 is 0 Å². The Bertz CT molecular complexity index is 109. The first-order chi connectivity index (χ1) is 6.00. The third kappa shape index (κ3) is 32.9. The monoisotopic (exact) mass is 226 g/mol. The topological polar surface area (TPSA) is 17.1 Å². The lowest BCUT2D eigenvalue weighted by molar-refractivity contribution is -0.114. The van der Waals surface area contributed by atoms with Crippen LogP contribution in [0.3, 0.4) is 0 Å². The van der Waals surface area contributed by atoms with Crippen molar-refractivity contribution in [3.63, 3.8) is 0 Å². The highest BCUT2D eigenvalue weighted by molar-refractivity contribution is 6.44. The Balaban J connectivity index is 0. The van der Waals surface area contributed by atoms with Crippen LogP contribution < -0.4 is 0 Å². The third-order valence-corrected chi connectivity index (χ3v) is 1.71. The minimum absolute atomic E-state index is 0.151. The molecule has 0 aromatic heterocycles. The van der Waals surface area contributed by atoms with Gasteiger partial charge in [-0.2, -0.15) is 0 Å². The van der Waals surface area contributed by atoms with Crippen LogP contribution in [0.15, 0.2) is 0 Å². The molecule has 0 heterocycles. The molecular weight excluding hydrogens is 207 g/mol. The number of hydrogen-bond donors (Lipinski definition) is 0. The van der Waals surface area contributed by atoms with Crippen molar-refractivity contribution in [2.75, 3.05) is 0 Å². The maximum absolute atomic E-state index is 9.44. The van der Waals surface area contributed by atoms with Gasteiger partial charge in [0, 0.05) is 0 Å². The molecule has 3 heteroatoms. The van der Waals surface area contributed by atoms with Crippen LogP contribution in [-0.2, 0) is 4.79 Å². The van der Waals surface area contributed by atoms with Crippen molar-refractivity contribution < 1.29 is 4.79 Å². The predicted octanol–water partition coefficient (Wildman–Crippen LogP) is 4.36. The smallest absolute Gasteiger partial charge is 0.126 e. The Hall–Kier alpha value is 0.250. The zero-order valence-electron chi connectivity index (χ0n) is 8.78. The van der Waals surface area contributed by atoms with Crippen LogP contribution in [0.4, 0.5) is 0 Å². The standard InChI is InChI=1S/C7H14Cl2.C3H6O/c1-2-3-4-5-6-7(8)9;1-3(2)4/h7H,2-6H2,1H3;1-2H3. The second-order valence-corrected chi connectivity index (χ2v) is 4.43. The van der Waals surface area contributed by atoms with Crippen LogP contribution in [-0.4, -0.2) is 10.6 Å². The first kappa shape index (κ1) is 15.7. The summed E-state index contributed by atoms with van der Waals surface area (Å²) < 4.78 is 0. The molecule has 0 fully saturated rings. The Morgan fingerprint density at radius 3 is 1.92 bits per heavy atom. The Kier molecular flexibility index (Phi) is 14.8. The van der Waals surface area contributed by atoms with Gasteiger partial charge in [0.25, 0.3) is 0 Å². The largest absolute Gasteiger partial charge is 0.300 e. The summed E-state index contributed by atoms with van der Waals surface area (Å²) in [6, 6.07) is 0.